The normalized spacial score (nSPS) is 17.9. The van der Waals surface area contributed by atoms with Crippen LogP contribution in [0.15, 0.2) is 36.8 Å². The van der Waals surface area contributed by atoms with E-state index in [0.717, 1.165) is 37.9 Å². The molecule has 0 aromatic carbocycles. The minimum atomic E-state index is -0.0329. The van der Waals surface area contributed by atoms with Gasteiger partial charge in [0, 0.05) is 37.8 Å². The number of aliphatic hydroxyl groups excluding tert-OH is 1. The Morgan fingerprint density at radius 1 is 1.41 bits per heavy atom. The Balaban J connectivity index is 1.78. The molecule has 2 aromatic heterocycles. The zero-order chi connectivity index (χ0) is 15.4. The standard InChI is InChI=1S/C16H20N4O2/c21-11-2-5-13-4-1-9-19(13)16(22)15-12-14(6-8-17-15)20-10-3-7-18-20/h3,6-8,10,12-13,21H,1-2,4-5,9,11H2. The third-order valence-electron chi connectivity index (χ3n) is 4.07. The predicted octanol–water partition coefficient (Wildman–Crippen LogP) is 1.64. The monoisotopic (exact) mass is 300 g/mol. The molecule has 22 heavy (non-hydrogen) atoms. The molecule has 116 valence electrons. The zero-order valence-electron chi connectivity index (χ0n) is 12.4. The van der Waals surface area contributed by atoms with Gasteiger partial charge in [-0.15, -0.1) is 0 Å². The number of pyridine rings is 1. The minimum Gasteiger partial charge on any atom is -0.396 e. The summed E-state index contributed by atoms with van der Waals surface area (Å²) >= 11 is 0. The second-order valence-electron chi connectivity index (χ2n) is 5.51. The summed E-state index contributed by atoms with van der Waals surface area (Å²) in [6.45, 7) is 0.939. The fourth-order valence-corrected chi connectivity index (χ4v) is 2.98. The fraction of sp³-hybridized carbons (Fsp3) is 0.438. The summed E-state index contributed by atoms with van der Waals surface area (Å²) in [4.78, 5) is 18.8. The van der Waals surface area contributed by atoms with Crippen LogP contribution in [0.1, 0.15) is 36.2 Å². The Hall–Kier alpha value is -2.21. The molecule has 1 N–H and O–H groups in total. The second-order valence-corrected chi connectivity index (χ2v) is 5.51. The molecular formula is C16H20N4O2. The molecule has 1 amide bonds. The molecule has 1 saturated heterocycles. The molecule has 6 heteroatoms. The van der Waals surface area contributed by atoms with Gasteiger partial charge in [0.05, 0.1) is 5.69 Å². The number of hydrogen-bond donors (Lipinski definition) is 1. The van der Waals surface area contributed by atoms with Gasteiger partial charge in [-0.25, -0.2) is 4.68 Å². The molecule has 0 aliphatic carbocycles. The van der Waals surface area contributed by atoms with Gasteiger partial charge in [0.2, 0.25) is 0 Å². The van der Waals surface area contributed by atoms with E-state index in [9.17, 15) is 4.79 Å². The van der Waals surface area contributed by atoms with Gasteiger partial charge in [-0.2, -0.15) is 5.10 Å². The lowest BCUT2D eigenvalue weighted by Crippen LogP contribution is -2.36. The highest BCUT2D eigenvalue weighted by atomic mass is 16.3. The lowest BCUT2D eigenvalue weighted by Gasteiger charge is -2.24. The van der Waals surface area contributed by atoms with Crippen LogP contribution in [-0.2, 0) is 0 Å². The molecule has 1 unspecified atom stereocenters. The number of carbonyl (C=O) groups excluding carboxylic acids is 1. The summed E-state index contributed by atoms with van der Waals surface area (Å²) in [5.74, 6) is -0.0329. The molecule has 3 heterocycles. The molecular weight excluding hydrogens is 280 g/mol. The highest BCUT2D eigenvalue weighted by Crippen LogP contribution is 2.23. The topological polar surface area (TPSA) is 71.2 Å². The first-order valence-corrected chi connectivity index (χ1v) is 7.67. The van der Waals surface area contributed by atoms with Gasteiger partial charge in [0.25, 0.3) is 5.91 Å². The Kier molecular flexibility index (Phi) is 4.48. The maximum absolute atomic E-state index is 12.7. The van der Waals surface area contributed by atoms with Crippen LogP contribution in [0, 0.1) is 0 Å². The van der Waals surface area contributed by atoms with Crippen molar-refractivity contribution in [1.82, 2.24) is 19.7 Å². The Morgan fingerprint density at radius 2 is 2.32 bits per heavy atom. The van der Waals surface area contributed by atoms with Crippen LogP contribution < -0.4 is 0 Å². The van der Waals surface area contributed by atoms with E-state index in [2.05, 4.69) is 10.1 Å². The maximum atomic E-state index is 12.7. The molecule has 2 aromatic rings. The van der Waals surface area contributed by atoms with Crippen molar-refractivity contribution in [1.29, 1.82) is 0 Å². The van der Waals surface area contributed by atoms with Gasteiger partial charge in [0.15, 0.2) is 0 Å². The molecule has 0 saturated carbocycles. The fourth-order valence-electron chi connectivity index (χ4n) is 2.98. The molecule has 0 bridgehead atoms. The van der Waals surface area contributed by atoms with Gasteiger partial charge in [0.1, 0.15) is 5.69 Å². The van der Waals surface area contributed by atoms with Crippen LogP contribution >= 0.6 is 0 Å². The van der Waals surface area contributed by atoms with Crippen molar-refractivity contribution < 1.29 is 9.90 Å². The van der Waals surface area contributed by atoms with Gasteiger partial charge >= 0.3 is 0 Å². The van der Waals surface area contributed by atoms with Crippen molar-refractivity contribution >= 4 is 5.91 Å². The number of hydrogen-bond acceptors (Lipinski definition) is 4. The van der Waals surface area contributed by atoms with Crippen LogP contribution in [0.25, 0.3) is 5.69 Å². The zero-order valence-corrected chi connectivity index (χ0v) is 12.4. The van der Waals surface area contributed by atoms with Crippen LogP contribution in [0.4, 0.5) is 0 Å². The molecule has 1 atom stereocenters. The van der Waals surface area contributed by atoms with E-state index < -0.39 is 0 Å². The van der Waals surface area contributed by atoms with Crippen molar-refractivity contribution in [2.45, 2.75) is 31.7 Å². The Morgan fingerprint density at radius 3 is 3.09 bits per heavy atom. The summed E-state index contributed by atoms with van der Waals surface area (Å²) in [5, 5.41) is 13.2. The first-order valence-electron chi connectivity index (χ1n) is 7.67. The van der Waals surface area contributed by atoms with E-state index in [-0.39, 0.29) is 18.6 Å². The molecule has 1 aliphatic rings. The first kappa shape index (κ1) is 14.7. The number of nitrogens with zero attached hydrogens (tertiary/aromatic N) is 4. The lowest BCUT2D eigenvalue weighted by molar-refractivity contribution is 0.0718. The predicted molar refractivity (Wildman–Crippen MR) is 81.7 cm³/mol. The van der Waals surface area contributed by atoms with Gasteiger partial charge in [-0.05, 0) is 43.9 Å². The maximum Gasteiger partial charge on any atom is 0.272 e. The van der Waals surface area contributed by atoms with Gasteiger partial charge in [-0.1, -0.05) is 0 Å². The third kappa shape index (κ3) is 3.01. The SMILES string of the molecule is O=C(c1cc(-n2cccn2)ccn1)N1CCCC1CCCO. The molecule has 0 radical (unpaired) electrons. The Bertz CT molecular complexity index is 627. The number of amides is 1. The average Bonchev–Trinajstić information content (AvgIpc) is 3.23. The summed E-state index contributed by atoms with van der Waals surface area (Å²) in [5.41, 5.74) is 1.28. The van der Waals surface area contributed by atoms with E-state index >= 15 is 0 Å². The molecule has 1 aliphatic heterocycles. The van der Waals surface area contributed by atoms with Crippen LogP contribution in [-0.4, -0.2) is 49.9 Å². The summed E-state index contributed by atoms with van der Waals surface area (Å²) in [6.07, 6.45) is 8.78. The van der Waals surface area contributed by atoms with Crippen LogP contribution in [0.5, 0.6) is 0 Å². The molecule has 3 rings (SSSR count). The van der Waals surface area contributed by atoms with E-state index in [1.54, 1.807) is 23.1 Å². The summed E-state index contributed by atoms with van der Waals surface area (Å²) < 4.78 is 1.71. The number of rotatable bonds is 5. The van der Waals surface area contributed by atoms with Gasteiger partial charge < -0.3 is 10.0 Å². The minimum absolute atomic E-state index is 0.0329. The molecule has 6 nitrogen and oxygen atoms in total. The number of aromatic nitrogens is 3. The van der Waals surface area contributed by atoms with E-state index in [1.807, 2.05) is 23.2 Å². The number of carbonyl (C=O) groups is 1. The molecule has 0 spiro atoms. The largest absolute Gasteiger partial charge is 0.396 e. The molecule has 1 fully saturated rings. The third-order valence-corrected chi connectivity index (χ3v) is 4.07. The number of likely N-dealkylation sites (tertiary alicyclic amines) is 1. The van der Waals surface area contributed by atoms with Crippen molar-refractivity contribution in [3.8, 4) is 5.69 Å². The number of aliphatic hydroxyl groups is 1. The van der Waals surface area contributed by atoms with E-state index in [4.69, 9.17) is 5.11 Å². The summed E-state index contributed by atoms with van der Waals surface area (Å²) in [6, 6.07) is 5.66. The van der Waals surface area contributed by atoms with E-state index in [1.165, 1.54) is 0 Å². The highest BCUT2D eigenvalue weighted by molar-refractivity contribution is 5.93. The Labute approximate surface area is 129 Å². The lowest BCUT2D eigenvalue weighted by atomic mass is 10.1. The van der Waals surface area contributed by atoms with Crippen molar-refractivity contribution in [2.75, 3.05) is 13.2 Å². The van der Waals surface area contributed by atoms with Crippen molar-refractivity contribution in [3.63, 3.8) is 0 Å². The van der Waals surface area contributed by atoms with Crippen molar-refractivity contribution in [3.05, 3.63) is 42.5 Å². The first-order chi connectivity index (χ1) is 10.8. The van der Waals surface area contributed by atoms with Crippen LogP contribution in [0.3, 0.4) is 0 Å². The smallest absolute Gasteiger partial charge is 0.272 e. The van der Waals surface area contributed by atoms with Gasteiger partial charge in [-0.3, -0.25) is 9.78 Å². The van der Waals surface area contributed by atoms with Crippen LogP contribution in [0.2, 0.25) is 0 Å². The quantitative estimate of drug-likeness (QED) is 0.911. The van der Waals surface area contributed by atoms with E-state index in [0.29, 0.717) is 5.69 Å². The van der Waals surface area contributed by atoms with Crippen molar-refractivity contribution in [2.24, 2.45) is 0 Å². The summed E-state index contributed by atoms with van der Waals surface area (Å²) in [7, 11) is 0. The second kappa shape index (κ2) is 6.70. The highest BCUT2D eigenvalue weighted by Gasteiger charge is 2.29. The average molecular weight is 300 g/mol.